The van der Waals surface area contributed by atoms with Crippen molar-refractivity contribution in [3.05, 3.63) is 42.0 Å². The molecule has 0 amide bonds. The number of hydrogen-bond acceptors (Lipinski definition) is 1. The van der Waals surface area contributed by atoms with Gasteiger partial charge in [-0.25, -0.2) is 0 Å². The van der Waals surface area contributed by atoms with Crippen molar-refractivity contribution >= 4 is 11.9 Å². The Kier molecular flexibility index (Phi) is 3.00. The number of carbonyl (C=O) groups excluding carboxylic acids is 1. The second-order valence-corrected chi connectivity index (χ2v) is 4.20. The smallest absolute Gasteiger partial charge is 0.133 e. The lowest BCUT2D eigenvalue weighted by atomic mass is 9.83. The van der Waals surface area contributed by atoms with Crippen LogP contribution in [0, 0.1) is 0 Å². The summed E-state index contributed by atoms with van der Waals surface area (Å²) in [7, 11) is 0. The molecule has 0 bridgehead atoms. The van der Waals surface area contributed by atoms with Crippen molar-refractivity contribution in [2.24, 2.45) is 0 Å². The van der Waals surface area contributed by atoms with Crippen LogP contribution in [0.25, 0.3) is 6.08 Å². The maximum atomic E-state index is 11.4. The average Bonchev–Trinajstić information content (AvgIpc) is 2.29. The molecule has 0 radical (unpaired) electrons. The third-order valence-corrected chi connectivity index (χ3v) is 3.13. The Morgan fingerprint density at radius 3 is 2.60 bits per heavy atom. The van der Waals surface area contributed by atoms with Crippen LogP contribution >= 0.6 is 0 Å². The molecule has 0 aromatic heterocycles. The zero-order valence-corrected chi connectivity index (χ0v) is 8.91. The van der Waals surface area contributed by atoms with E-state index in [2.05, 4.69) is 30.8 Å². The van der Waals surface area contributed by atoms with Gasteiger partial charge < -0.3 is 0 Å². The number of benzene rings is 1. The van der Waals surface area contributed by atoms with E-state index in [1.165, 1.54) is 5.56 Å². The van der Waals surface area contributed by atoms with E-state index in [0.717, 1.165) is 31.2 Å². The quantitative estimate of drug-likeness (QED) is 0.713. The summed E-state index contributed by atoms with van der Waals surface area (Å²) in [5.41, 5.74) is 2.44. The van der Waals surface area contributed by atoms with E-state index >= 15 is 0 Å². The number of carbonyl (C=O) groups is 1. The molecule has 2 rings (SSSR count). The normalized spacial score (nSPS) is 21.3. The lowest BCUT2D eigenvalue weighted by Gasteiger charge is -2.21. The van der Waals surface area contributed by atoms with Crippen LogP contribution < -0.4 is 0 Å². The van der Waals surface area contributed by atoms with E-state index in [4.69, 9.17) is 0 Å². The van der Waals surface area contributed by atoms with Crippen molar-refractivity contribution in [3.63, 3.8) is 0 Å². The van der Waals surface area contributed by atoms with Crippen LogP contribution in [0.3, 0.4) is 0 Å². The van der Waals surface area contributed by atoms with Gasteiger partial charge in [0, 0.05) is 12.8 Å². The predicted molar refractivity (Wildman–Crippen MR) is 62.7 cm³/mol. The van der Waals surface area contributed by atoms with Crippen molar-refractivity contribution in [1.82, 2.24) is 0 Å². The van der Waals surface area contributed by atoms with Crippen molar-refractivity contribution < 1.29 is 4.79 Å². The Bertz CT molecular complexity index is 361. The predicted octanol–water partition coefficient (Wildman–Crippen LogP) is 3.56. The van der Waals surface area contributed by atoms with Crippen LogP contribution in [0.1, 0.15) is 42.7 Å². The molecule has 15 heavy (non-hydrogen) atoms. The summed E-state index contributed by atoms with van der Waals surface area (Å²) in [5, 5.41) is 0. The van der Waals surface area contributed by atoms with Gasteiger partial charge in [0.1, 0.15) is 5.78 Å². The molecule has 1 fully saturated rings. The van der Waals surface area contributed by atoms with E-state index in [1.807, 2.05) is 6.08 Å². The van der Waals surface area contributed by atoms with Crippen molar-refractivity contribution in [2.45, 2.75) is 31.6 Å². The first kappa shape index (κ1) is 10.2. The van der Waals surface area contributed by atoms with Crippen LogP contribution in [0.15, 0.2) is 30.8 Å². The van der Waals surface area contributed by atoms with E-state index in [9.17, 15) is 4.79 Å². The Morgan fingerprint density at radius 1 is 1.27 bits per heavy atom. The van der Waals surface area contributed by atoms with E-state index < -0.39 is 0 Å². The molecule has 1 aliphatic rings. The summed E-state index contributed by atoms with van der Waals surface area (Å²) in [6.07, 6.45) is 5.55. The fourth-order valence-corrected chi connectivity index (χ4v) is 2.21. The monoisotopic (exact) mass is 200 g/mol. The largest absolute Gasteiger partial charge is 0.300 e. The van der Waals surface area contributed by atoms with E-state index in [0.29, 0.717) is 11.7 Å². The molecule has 0 aliphatic heterocycles. The molecular formula is C14H16O. The first-order valence-corrected chi connectivity index (χ1v) is 5.53. The number of hydrogen-bond donors (Lipinski definition) is 0. The SMILES string of the molecule is C=Cc1ccc([C@@H]2CCCC(=O)C2)cc1. The van der Waals surface area contributed by atoms with Crippen LogP contribution in [0.4, 0.5) is 0 Å². The highest BCUT2D eigenvalue weighted by Crippen LogP contribution is 2.30. The fourth-order valence-electron chi connectivity index (χ4n) is 2.21. The second-order valence-electron chi connectivity index (χ2n) is 4.20. The maximum Gasteiger partial charge on any atom is 0.133 e. The minimum Gasteiger partial charge on any atom is -0.300 e. The molecule has 78 valence electrons. The summed E-state index contributed by atoms with van der Waals surface area (Å²) >= 11 is 0. The summed E-state index contributed by atoms with van der Waals surface area (Å²) in [5.74, 6) is 0.865. The summed E-state index contributed by atoms with van der Waals surface area (Å²) in [6.45, 7) is 3.73. The Labute approximate surface area is 90.8 Å². The summed E-state index contributed by atoms with van der Waals surface area (Å²) in [4.78, 5) is 11.4. The topological polar surface area (TPSA) is 17.1 Å². The van der Waals surface area contributed by atoms with Gasteiger partial charge >= 0.3 is 0 Å². The van der Waals surface area contributed by atoms with Crippen LogP contribution in [0.5, 0.6) is 0 Å². The number of ketones is 1. The molecule has 0 N–H and O–H groups in total. The third-order valence-electron chi connectivity index (χ3n) is 3.13. The Hall–Kier alpha value is -1.37. The van der Waals surface area contributed by atoms with Gasteiger partial charge in [-0.15, -0.1) is 0 Å². The highest BCUT2D eigenvalue weighted by Gasteiger charge is 2.20. The van der Waals surface area contributed by atoms with Gasteiger partial charge in [0.25, 0.3) is 0 Å². The lowest BCUT2D eigenvalue weighted by molar-refractivity contribution is -0.120. The average molecular weight is 200 g/mol. The van der Waals surface area contributed by atoms with Gasteiger partial charge in [-0.05, 0) is 29.9 Å². The zero-order valence-electron chi connectivity index (χ0n) is 8.91. The zero-order chi connectivity index (χ0) is 10.7. The molecule has 0 spiro atoms. The van der Waals surface area contributed by atoms with E-state index in [-0.39, 0.29) is 0 Å². The summed E-state index contributed by atoms with van der Waals surface area (Å²) < 4.78 is 0. The molecule has 0 unspecified atom stereocenters. The van der Waals surface area contributed by atoms with Crippen LogP contribution in [0.2, 0.25) is 0 Å². The highest BCUT2D eigenvalue weighted by molar-refractivity contribution is 5.80. The highest BCUT2D eigenvalue weighted by atomic mass is 16.1. The molecule has 1 aromatic carbocycles. The molecule has 1 heteroatoms. The van der Waals surface area contributed by atoms with Crippen LogP contribution in [-0.2, 0) is 4.79 Å². The molecule has 0 saturated heterocycles. The first-order valence-electron chi connectivity index (χ1n) is 5.53. The third kappa shape index (κ3) is 2.35. The fraction of sp³-hybridized carbons (Fsp3) is 0.357. The molecule has 0 heterocycles. The number of Topliss-reactive ketones (excluding diaryl/α,β-unsaturated/α-hetero) is 1. The molecule has 1 saturated carbocycles. The van der Waals surface area contributed by atoms with E-state index in [1.54, 1.807) is 0 Å². The van der Waals surface area contributed by atoms with Crippen molar-refractivity contribution in [3.8, 4) is 0 Å². The minimum atomic E-state index is 0.416. The van der Waals surface area contributed by atoms with Crippen molar-refractivity contribution in [1.29, 1.82) is 0 Å². The molecular weight excluding hydrogens is 184 g/mol. The Morgan fingerprint density at radius 2 is 2.00 bits per heavy atom. The molecule has 1 atom stereocenters. The minimum absolute atomic E-state index is 0.416. The van der Waals surface area contributed by atoms with Gasteiger partial charge in [0.15, 0.2) is 0 Å². The Balaban J connectivity index is 2.14. The first-order chi connectivity index (χ1) is 7.29. The molecule has 1 nitrogen and oxygen atoms in total. The van der Waals surface area contributed by atoms with Gasteiger partial charge in [0.2, 0.25) is 0 Å². The molecule has 1 aromatic rings. The maximum absolute atomic E-state index is 11.4. The second kappa shape index (κ2) is 4.43. The lowest BCUT2D eigenvalue weighted by Crippen LogP contribution is -2.13. The number of rotatable bonds is 2. The summed E-state index contributed by atoms with van der Waals surface area (Å²) in [6, 6.07) is 8.39. The van der Waals surface area contributed by atoms with Crippen LogP contribution in [-0.4, -0.2) is 5.78 Å². The van der Waals surface area contributed by atoms with Gasteiger partial charge in [-0.3, -0.25) is 4.79 Å². The molecule has 1 aliphatic carbocycles. The van der Waals surface area contributed by atoms with Gasteiger partial charge in [0.05, 0.1) is 0 Å². The standard InChI is InChI=1S/C14H16O/c1-2-11-6-8-12(9-7-11)13-4-3-5-14(15)10-13/h2,6-9,13H,1,3-5,10H2/t13-/m1/s1. The van der Waals surface area contributed by atoms with Gasteiger partial charge in [-0.1, -0.05) is 36.9 Å². The van der Waals surface area contributed by atoms with Crippen molar-refractivity contribution in [2.75, 3.05) is 0 Å². The van der Waals surface area contributed by atoms with Gasteiger partial charge in [-0.2, -0.15) is 0 Å².